The molecule has 1 aromatic rings. The second kappa shape index (κ2) is 5.13. The van der Waals surface area contributed by atoms with Crippen LogP contribution in [0.1, 0.15) is 50.0 Å². The average Bonchev–Trinajstić information content (AvgIpc) is 3.14. The maximum atomic E-state index is 13.0. The predicted molar refractivity (Wildman–Crippen MR) is 82.6 cm³/mol. The minimum Gasteiger partial charge on any atom is -0.384 e. The lowest BCUT2D eigenvalue weighted by atomic mass is 9.78. The number of carbonyl (C=O) groups is 1. The number of Topliss-reactive ketones (excluding diaryl/α,β-unsaturated/α-hetero) is 1. The number of fused-ring (bicyclic) bond motifs is 1. The lowest BCUT2D eigenvalue weighted by molar-refractivity contribution is -0.137. The largest absolute Gasteiger partial charge is 0.384 e. The predicted octanol–water partition coefficient (Wildman–Crippen LogP) is 3.50. The second-order valence-electron chi connectivity index (χ2n) is 6.85. The first-order valence-electron chi connectivity index (χ1n) is 8.28. The molecule has 4 rings (SSSR count). The molecule has 3 nitrogen and oxygen atoms in total. The van der Waals surface area contributed by atoms with Crippen molar-refractivity contribution < 1.29 is 9.53 Å². The molecular weight excluding hydrogens is 262 g/mol. The van der Waals surface area contributed by atoms with Gasteiger partial charge in [0.25, 0.3) is 0 Å². The summed E-state index contributed by atoms with van der Waals surface area (Å²) in [6.45, 7) is 1.53. The second-order valence-corrected chi connectivity index (χ2v) is 6.85. The number of hydrogen-bond donors (Lipinski definition) is 1. The molecule has 2 heterocycles. The van der Waals surface area contributed by atoms with E-state index >= 15 is 0 Å². The van der Waals surface area contributed by atoms with E-state index < -0.39 is 0 Å². The molecule has 2 aliphatic heterocycles. The van der Waals surface area contributed by atoms with E-state index in [1.807, 2.05) is 12.1 Å². The van der Waals surface area contributed by atoms with Crippen molar-refractivity contribution in [1.82, 2.24) is 0 Å². The van der Waals surface area contributed by atoms with Gasteiger partial charge in [-0.25, -0.2) is 0 Å². The number of anilines is 1. The smallest absolute Gasteiger partial charge is 0.145 e. The van der Waals surface area contributed by atoms with Crippen molar-refractivity contribution in [2.24, 2.45) is 5.92 Å². The van der Waals surface area contributed by atoms with Crippen LogP contribution in [0.5, 0.6) is 0 Å². The molecule has 0 bridgehead atoms. The quantitative estimate of drug-likeness (QED) is 0.903. The van der Waals surface area contributed by atoms with Crippen molar-refractivity contribution in [3.05, 3.63) is 29.8 Å². The SMILES string of the molecule is O=C(C1CCOC2(CCCC2)C1)C1CNc2ccccc21. The Morgan fingerprint density at radius 2 is 2.05 bits per heavy atom. The van der Waals surface area contributed by atoms with E-state index in [1.165, 1.54) is 18.4 Å². The Labute approximate surface area is 126 Å². The number of ether oxygens (including phenoxy) is 1. The molecule has 1 saturated carbocycles. The van der Waals surface area contributed by atoms with E-state index in [9.17, 15) is 4.79 Å². The van der Waals surface area contributed by atoms with Crippen molar-refractivity contribution in [1.29, 1.82) is 0 Å². The van der Waals surface area contributed by atoms with Gasteiger partial charge in [0.15, 0.2) is 0 Å². The van der Waals surface area contributed by atoms with Gasteiger partial charge in [-0.1, -0.05) is 31.0 Å². The minimum absolute atomic E-state index is 0.0319. The maximum absolute atomic E-state index is 13.0. The van der Waals surface area contributed by atoms with E-state index in [0.29, 0.717) is 5.78 Å². The van der Waals surface area contributed by atoms with Gasteiger partial charge in [0.2, 0.25) is 0 Å². The molecule has 21 heavy (non-hydrogen) atoms. The van der Waals surface area contributed by atoms with Gasteiger partial charge in [-0.05, 0) is 37.3 Å². The normalized spacial score (nSPS) is 30.1. The molecular formula is C18H23NO2. The molecule has 1 aromatic carbocycles. The van der Waals surface area contributed by atoms with Gasteiger partial charge in [-0.3, -0.25) is 4.79 Å². The highest BCUT2D eigenvalue weighted by atomic mass is 16.5. The third kappa shape index (κ3) is 2.28. The van der Waals surface area contributed by atoms with Crippen molar-refractivity contribution in [3.63, 3.8) is 0 Å². The summed E-state index contributed by atoms with van der Waals surface area (Å²) in [7, 11) is 0. The van der Waals surface area contributed by atoms with Crippen LogP contribution in [-0.2, 0) is 9.53 Å². The van der Waals surface area contributed by atoms with E-state index in [2.05, 4.69) is 17.4 Å². The lowest BCUT2D eigenvalue weighted by Crippen LogP contribution is -2.41. The third-order valence-electron chi connectivity index (χ3n) is 5.59. The number of para-hydroxylation sites is 1. The molecule has 2 unspecified atom stereocenters. The van der Waals surface area contributed by atoms with Crippen LogP contribution in [0.15, 0.2) is 24.3 Å². The minimum atomic E-state index is 0.0319. The summed E-state index contributed by atoms with van der Waals surface area (Å²) in [5.41, 5.74) is 2.36. The molecule has 3 aliphatic rings. The van der Waals surface area contributed by atoms with Crippen LogP contribution in [0.3, 0.4) is 0 Å². The number of ketones is 1. The Balaban J connectivity index is 1.53. The zero-order valence-corrected chi connectivity index (χ0v) is 12.4. The number of hydrogen-bond acceptors (Lipinski definition) is 3. The fraction of sp³-hybridized carbons (Fsp3) is 0.611. The molecule has 1 N–H and O–H groups in total. The molecule has 1 spiro atoms. The molecule has 3 heteroatoms. The first kappa shape index (κ1) is 13.3. The number of carbonyl (C=O) groups excluding carboxylic acids is 1. The Hall–Kier alpha value is -1.35. The van der Waals surface area contributed by atoms with Crippen molar-refractivity contribution in [3.8, 4) is 0 Å². The summed E-state index contributed by atoms with van der Waals surface area (Å²) in [5, 5.41) is 3.38. The third-order valence-corrected chi connectivity index (χ3v) is 5.59. The Bertz CT molecular complexity index is 548. The highest BCUT2D eigenvalue weighted by Crippen LogP contribution is 2.44. The van der Waals surface area contributed by atoms with Gasteiger partial charge >= 0.3 is 0 Å². The molecule has 112 valence electrons. The first-order valence-corrected chi connectivity index (χ1v) is 8.28. The van der Waals surface area contributed by atoms with Crippen LogP contribution in [0.4, 0.5) is 5.69 Å². The van der Waals surface area contributed by atoms with E-state index in [0.717, 1.165) is 44.5 Å². The topological polar surface area (TPSA) is 38.3 Å². The molecule has 2 atom stereocenters. The maximum Gasteiger partial charge on any atom is 0.145 e. The lowest BCUT2D eigenvalue weighted by Gasteiger charge is -2.38. The summed E-state index contributed by atoms with van der Waals surface area (Å²) in [6.07, 6.45) is 6.67. The monoisotopic (exact) mass is 285 g/mol. The summed E-state index contributed by atoms with van der Waals surface area (Å²) >= 11 is 0. The van der Waals surface area contributed by atoms with Crippen LogP contribution >= 0.6 is 0 Å². The molecule has 2 fully saturated rings. The summed E-state index contributed by atoms with van der Waals surface area (Å²) in [4.78, 5) is 13.0. The van der Waals surface area contributed by atoms with Crippen LogP contribution < -0.4 is 5.32 Å². The average molecular weight is 285 g/mol. The van der Waals surface area contributed by atoms with Crippen molar-refractivity contribution in [2.45, 2.75) is 50.0 Å². The van der Waals surface area contributed by atoms with Gasteiger partial charge in [-0.2, -0.15) is 0 Å². The van der Waals surface area contributed by atoms with Gasteiger partial charge in [-0.15, -0.1) is 0 Å². The summed E-state index contributed by atoms with van der Waals surface area (Å²) in [6, 6.07) is 8.24. The number of nitrogens with one attached hydrogen (secondary N) is 1. The first-order chi connectivity index (χ1) is 10.3. The summed E-state index contributed by atoms with van der Waals surface area (Å²) < 4.78 is 6.07. The standard InChI is InChI=1S/C18H23NO2/c20-17(15-12-19-16-6-2-1-5-14(15)16)13-7-10-21-18(11-13)8-3-4-9-18/h1-2,5-6,13,15,19H,3-4,7-12H2. The van der Waals surface area contributed by atoms with Gasteiger partial charge in [0.05, 0.1) is 11.5 Å². The van der Waals surface area contributed by atoms with E-state index in [-0.39, 0.29) is 17.4 Å². The highest BCUT2D eigenvalue weighted by molar-refractivity contribution is 5.91. The fourth-order valence-electron chi connectivity index (χ4n) is 4.46. The Kier molecular flexibility index (Phi) is 3.26. The molecule has 1 aliphatic carbocycles. The highest BCUT2D eigenvalue weighted by Gasteiger charge is 2.44. The molecule has 1 saturated heterocycles. The van der Waals surface area contributed by atoms with E-state index in [4.69, 9.17) is 4.74 Å². The molecule has 0 amide bonds. The van der Waals surface area contributed by atoms with Crippen molar-refractivity contribution in [2.75, 3.05) is 18.5 Å². The Morgan fingerprint density at radius 3 is 2.90 bits per heavy atom. The van der Waals surface area contributed by atoms with Gasteiger partial charge in [0, 0.05) is 24.8 Å². The van der Waals surface area contributed by atoms with Crippen LogP contribution in [0.25, 0.3) is 0 Å². The molecule has 0 radical (unpaired) electrons. The van der Waals surface area contributed by atoms with E-state index in [1.54, 1.807) is 0 Å². The zero-order valence-electron chi connectivity index (χ0n) is 12.4. The number of rotatable bonds is 2. The Morgan fingerprint density at radius 1 is 1.24 bits per heavy atom. The van der Waals surface area contributed by atoms with Crippen LogP contribution in [0, 0.1) is 5.92 Å². The van der Waals surface area contributed by atoms with Crippen molar-refractivity contribution >= 4 is 11.5 Å². The van der Waals surface area contributed by atoms with Crippen LogP contribution in [0.2, 0.25) is 0 Å². The van der Waals surface area contributed by atoms with Gasteiger partial charge in [0.1, 0.15) is 5.78 Å². The number of benzene rings is 1. The fourth-order valence-corrected chi connectivity index (χ4v) is 4.46. The molecule has 0 aromatic heterocycles. The van der Waals surface area contributed by atoms with Crippen LogP contribution in [-0.4, -0.2) is 24.5 Å². The summed E-state index contributed by atoms with van der Waals surface area (Å²) in [5.74, 6) is 0.666. The van der Waals surface area contributed by atoms with Gasteiger partial charge < -0.3 is 10.1 Å². The zero-order chi connectivity index (χ0) is 14.3.